The molecule has 0 spiro atoms. The minimum atomic E-state index is 0.803. The third-order valence-electron chi connectivity index (χ3n) is 3.22. The quantitative estimate of drug-likeness (QED) is 0.787. The van der Waals surface area contributed by atoms with Crippen molar-refractivity contribution in [2.45, 2.75) is 25.4 Å². The van der Waals surface area contributed by atoms with Crippen LogP contribution in [0.4, 0.5) is 0 Å². The van der Waals surface area contributed by atoms with Crippen molar-refractivity contribution < 1.29 is 0 Å². The first kappa shape index (κ1) is 10.7. The normalized spacial score (nSPS) is 21.3. The highest BCUT2D eigenvalue weighted by atomic mass is 15.2. The topological polar surface area (TPSA) is 15.3 Å². The van der Waals surface area contributed by atoms with Gasteiger partial charge in [0.25, 0.3) is 0 Å². The van der Waals surface area contributed by atoms with Crippen molar-refractivity contribution in [3.05, 3.63) is 35.9 Å². The van der Waals surface area contributed by atoms with Crippen molar-refractivity contribution in [1.82, 2.24) is 10.2 Å². The second-order valence-corrected chi connectivity index (χ2v) is 4.29. The van der Waals surface area contributed by atoms with Crippen molar-refractivity contribution in [3.8, 4) is 0 Å². The highest BCUT2D eigenvalue weighted by Crippen LogP contribution is 2.22. The summed E-state index contributed by atoms with van der Waals surface area (Å²) >= 11 is 0. The van der Waals surface area contributed by atoms with E-state index in [9.17, 15) is 0 Å². The molecule has 1 aliphatic rings. The summed E-state index contributed by atoms with van der Waals surface area (Å²) in [6, 6.07) is 11.6. The van der Waals surface area contributed by atoms with Gasteiger partial charge < -0.3 is 5.32 Å². The Balaban J connectivity index is 1.80. The van der Waals surface area contributed by atoms with Crippen LogP contribution in [0.5, 0.6) is 0 Å². The summed E-state index contributed by atoms with van der Waals surface area (Å²) in [5.41, 5.74) is 1.44. The van der Waals surface area contributed by atoms with Crippen LogP contribution in [0.1, 0.15) is 18.4 Å². The second-order valence-electron chi connectivity index (χ2n) is 4.29. The molecule has 0 aliphatic carbocycles. The van der Waals surface area contributed by atoms with Crippen LogP contribution in [0.15, 0.2) is 30.3 Å². The molecule has 2 nitrogen and oxygen atoms in total. The number of rotatable bonds is 5. The Labute approximate surface area is 92.3 Å². The van der Waals surface area contributed by atoms with Gasteiger partial charge >= 0.3 is 0 Å². The maximum atomic E-state index is 3.22. The Hall–Kier alpha value is -0.860. The van der Waals surface area contributed by atoms with Gasteiger partial charge in [-0.2, -0.15) is 0 Å². The standard InChI is InChI=1S/C13H20N2/c1-14-9-7-13-8-10-15(13)11-12-5-3-2-4-6-12/h2-6,13-14H,7-11H2,1H3/t13-/m1/s1. The SMILES string of the molecule is CNCC[C@@H]1CCN1Cc1ccccc1. The van der Waals surface area contributed by atoms with Crippen LogP contribution in [0.25, 0.3) is 0 Å². The van der Waals surface area contributed by atoms with E-state index in [0.29, 0.717) is 0 Å². The summed E-state index contributed by atoms with van der Waals surface area (Å²) in [5, 5.41) is 3.22. The van der Waals surface area contributed by atoms with E-state index < -0.39 is 0 Å². The molecule has 1 saturated heterocycles. The predicted octanol–water partition coefficient (Wildman–Crippen LogP) is 1.87. The molecule has 15 heavy (non-hydrogen) atoms. The van der Waals surface area contributed by atoms with Gasteiger partial charge in [-0.15, -0.1) is 0 Å². The summed E-state index contributed by atoms with van der Waals surface area (Å²) in [4.78, 5) is 2.58. The Kier molecular flexibility index (Phi) is 3.75. The summed E-state index contributed by atoms with van der Waals surface area (Å²) < 4.78 is 0. The fourth-order valence-corrected chi connectivity index (χ4v) is 2.16. The fraction of sp³-hybridized carbons (Fsp3) is 0.538. The molecule has 0 unspecified atom stereocenters. The van der Waals surface area contributed by atoms with E-state index in [0.717, 1.165) is 19.1 Å². The highest BCUT2D eigenvalue weighted by molar-refractivity contribution is 5.15. The monoisotopic (exact) mass is 204 g/mol. The molecule has 1 atom stereocenters. The first-order valence-corrected chi connectivity index (χ1v) is 5.82. The van der Waals surface area contributed by atoms with Gasteiger partial charge in [-0.3, -0.25) is 4.90 Å². The van der Waals surface area contributed by atoms with Crippen LogP contribution in [0.3, 0.4) is 0 Å². The first-order chi connectivity index (χ1) is 7.40. The molecule has 0 bridgehead atoms. The van der Waals surface area contributed by atoms with Crippen LogP contribution in [0, 0.1) is 0 Å². The lowest BCUT2D eigenvalue weighted by atomic mass is 9.98. The predicted molar refractivity (Wildman–Crippen MR) is 63.8 cm³/mol. The van der Waals surface area contributed by atoms with E-state index in [1.807, 2.05) is 7.05 Å². The molecule has 1 aromatic carbocycles. The third-order valence-corrected chi connectivity index (χ3v) is 3.22. The zero-order valence-corrected chi connectivity index (χ0v) is 9.45. The van der Waals surface area contributed by atoms with Gasteiger partial charge in [0.1, 0.15) is 0 Å². The number of benzene rings is 1. The summed E-state index contributed by atoms with van der Waals surface area (Å²) in [7, 11) is 2.03. The van der Waals surface area contributed by atoms with Gasteiger partial charge in [0.05, 0.1) is 0 Å². The smallest absolute Gasteiger partial charge is 0.0236 e. The minimum absolute atomic E-state index is 0.803. The molecule has 2 heteroatoms. The molecule has 1 fully saturated rings. The van der Waals surface area contributed by atoms with Crippen molar-refractivity contribution in [2.75, 3.05) is 20.1 Å². The molecular weight excluding hydrogens is 184 g/mol. The number of nitrogens with one attached hydrogen (secondary N) is 1. The van der Waals surface area contributed by atoms with E-state index in [2.05, 4.69) is 40.5 Å². The molecule has 2 rings (SSSR count). The lowest BCUT2D eigenvalue weighted by molar-refractivity contribution is 0.0758. The Morgan fingerprint density at radius 3 is 2.73 bits per heavy atom. The van der Waals surface area contributed by atoms with Gasteiger partial charge in [0.2, 0.25) is 0 Å². The molecule has 0 aromatic heterocycles. The number of likely N-dealkylation sites (tertiary alicyclic amines) is 1. The molecule has 1 aliphatic heterocycles. The van der Waals surface area contributed by atoms with E-state index in [1.165, 1.54) is 24.9 Å². The van der Waals surface area contributed by atoms with E-state index in [-0.39, 0.29) is 0 Å². The van der Waals surface area contributed by atoms with Crippen molar-refractivity contribution in [1.29, 1.82) is 0 Å². The van der Waals surface area contributed by atoms with Gasteiger partial charge in [0.15, 0.2) is 0 Å². The number of hydrogen-bond donors (Lipinski definition) is 1. The second kappa shape index (κ2) is 5.29. The van der Waals surface area contributed by atoms with Gasteiger partial charge in [-0.05, 0) is 32.0 Å². The highest BCUT2D eigenvalue weighted by Gasteiger charge is 2.26. The Bertz CT molecular complexity index is 284. The minimum Gasteiger partial charge on any atom is -0.320 e. The zero-order valence-electron chi connectivity index (χ0n) is 9.45. The lowest BCUT2D eigenvalue weighted by Gasteiger charge is -2.41. The van der Waals surface area contributed by atoms with Crippen molar-refractivity contribution >= 4 is 0 Å². The maximum Gasteiger partial charge on any atom is 0.0236 e. The van der Waals surface area contributed by atoms with Crippen molar-refractivity contribution in [2.24, 2.45) is 0 Å². The molecule has 1 heterocycles. The summed E-state index contributed by atoms with van der Waals surface area (Å²) in [6.45, 7) is 3.52. The van der Waals surface area contributed by atoms with Crippen LogP contribution in [-0.4, -0.2) is 31.1 Å². The van der Waals surface area contributed by atoms with Crippen LogP contribution < -0.4 is 5.32 Å². The van der Waals surface area contributed by atoms with E-state index in [1.54, 1.807) is 0 Å². The maximum absolute atomic E-state index is 3.22. The molecule has 82 valence electrons. The summed E-state index contributed by atoms with van der Waals surface area (Å²) in [5.74, 6) is 0. The zero-order chi connectivity index (χ0) is 10.5. The number of nitrogens with zero attached hydrogens (tertiary/aromatic N) is 1. The van der Waals surface area contributed by atoms with Gasteiger partial charge in [-0.25, -0.2) is 0 Å². The number of hydrogen-bond acceptors (Lipinski definition) is 2. The van der Waals surface area contributed by atoms with Crippen molar-refractivity contribution in [3.63, 3.8) is 0 Å². The largest absolute Gasteiger partial charge is 0.320 e. The van der Waals surface area contributed by atoms with Crippen LogP contribution in [-0.2, 0) is 6.54 Å². The Morgan fingerprint density at radius 2 is 2.13 bits per heavy atom. The fourth-order valence-electron chi connectivity index (χ4n) is 2.16. The van der Waals surface area contributed by atoms with Crippen LogP contribution >= 0.6 is 0 Å². The third kappa shape index (κ3) is 2.80. The molecule has 0 saturated carbocycles. The average molecular weight is 204 g/mol. The van der Waals surface area contributed by atoms with Gasteiger partial charge in [-0.1, -0.05) is 30.3 Å². The molecular formula is C13H20N2. The molecule has 0 amide bonds. The van der Waals surface area contributed by atoms with E-state index >= 15 is 0 Å². The van der Waals surface area contributed by atoms with Gasteiger partial charge in [0, 0.05) is 19.1 Å². The lowest BCUT2D eigenvalue weighted by Crippen LogP contribution is -2.47. The molecule has 1 N–H and O–H groups in total. The first-order valence-electron chi connectivity index (χ1n) is 5.82. The molecule has 1 aromatic rings. The Morgan fingerprint density at radius 1 is 1.33 bits per heavy atom. The summed E-state index contributed by atoms with van der Waals surface area (Å²) in [6.07, 6.45) is 2.65. The average Bonchev–Trinajstić information content (AvgIpc) is 2.26. The van der Waals surface area contributed by atoms with E-state index in [4.69, 9.17) is 0 Å². The molecule has 0 radical (unpaired) electrons. The van der Waals surface area contributed by atoms with Crippen LogP contribution in [0.2, 0.25) is 0 Å².